The molecule has 0 radical (unpaired) electrons. The smallest absolute Gasteiger partial charge is 0.240 e. The lowest BCUT2D eigenvalue weighted by Crippen LogP contribution is -2.26. The summed E-state index contributed by atoms with van der Waals surface area (Å²) in [7, 11) is -3.58. The molecule has 0 spiro atoms. The standard InChI is InChI=1S/C23H23FN2O3S/c24-20-9-11-21(12-10-20)26-23(27)15-8-19-6-13-22(14-7-19)30(28,29)25-17-16-18-4-2-1-3-5-18/h1-7,9-14,25H,8,15-17H2,(H,26,27). The first kappa shape index (κ1) is 21.7. The Morgan fingerprint density at radius 2 is 1.43 bits per heavy atom. The molecule has 2 N–H and O–H groups in total. The van der Waals surface area contributed by atoms with Crippen LogP contribution in [0.1, 0.15) is 17.5 Å². The topological polar surface area (TPSA) is 75.3 Å². The first-order chi connectivity index (χ1) is 14.4. The number of anilines is 1. The summed E-state index contributed by atoms with van der Waals surface area (Å²) in [5, 5.41) is 2.70. The van der Waals surface area contributed by atoms with E-state index in [0.29, 0.717) is 25.1 Å². The van der Waals surface area contributed by atoms with Crippen molar-refractivity contribution in [2.75, 3.05) is 11.9 Å². The van der Waals surface area contributed by atoms with Gasteiger partial charge in [-0.15, -0.1) is 0 Å². The lowest BCUT2D eigenvalue weighted by molar-refractivity contribution is -0.116. The predicted octanol–water partition coefficient (Wildman–Crippen LogP) is 3.92. The SMILES string of the molecule is O=C(CCc1ccc(S(=O)(=O)NCCc2ccccc2)cc1)Nc1ccc(F)cc1. The fourth-order valence-electron chi connectivity index (χ4n) is 2.91. The molecule has 0 unspecified atom stereocenters. The number of amides is 1. The monoisotopic (exact) mass is 426 g/mol. The summed E-state index contributed by atoms with van der Waals surface area (Å²) >= 11 is 0. The number of sulfonamides is 1. The maximum atomic E-state index is 12.9. The van der Waals surface area contributed by atoms with Crippen LogP contribution in [0, 0.1) is 5.82 Å². The molecule has 0 heterocycles. The van der Waals surface area contributed by atoms with Gasteiger partial charge >= 0.3 is 0 Å². The van der Waals surface area contributed by atoms with Gasteiger partial charge < -0.3 is 5.32 Å². The minimum Gasteiger partial charge on any atom is -0.326 e. The van der Waals surface area contributed by atoms with Crippen LogP contribution in [0.2, 0.25) is 0 Å². The molecule has 7 heteroatoms. The molecule has 0 fully saturated rings. The van der Waals surface area contributed by atoms with E-state index in [2.05, 4.69) is 10.0 Å². The summed E-state index contributed by atoms with van der Waals surface area (Å²) in [5.41, 5.74) is 2.45. The molecule has 3 aromatic rings. The first-order valence-electron chi connectivity index (χ1n) is 9.60. The summed E-state index contributed by atoms with van der Waals surface area (Å²) in [4.78, 5) is 12.2. The van der Waals surface area contributed by atoms with E-state index in [1.807, 2.05) is 30.3 Å². The van der Waals surface area contributed by atoms with E-state index in [-0.39, 0.29) is 23.0 Å². The Morgan fingerprint density at radius 1 is 0.800 bits per heavy atom. The molecule has 0 atom stereocenters. The third kappa shape index (κ3) is 6.50. The van der Waals surface area contributed by atoms with Gasteiger partial charge in [0.15, 0.2) is 0 Å². The van der Waals surface area contributed by atoms with E-state index in [4.69, 9.17) is 0 Å². The van der Waals surface area contributed by atoms with Crippen molar-refractivity contribution in [3.8, 4) is 0 Å². The van der Waals surface area contributed by atoms with Gasteiger partial charge in [-0.1, -0.05) is 42.5 Å². The third-order valence-electron chi connectivity index (χ3n) is 4.55. The number of halogens is 1. The number of carbonyl (C=O) groups excluding carboxylic acids is 1. The van der Waals surface area contributed by atoms with Crippen molar-refractivity contribution in [2.24, 2.45) is 0 Å². The molecule has 0 aliphatic carbocycles. The van der Waals surface area contributed by atoms with Crippen LogP contribution < -0.4 is 10.0 Å². The van der Waals surface area contributed by atoms with E-state index >= 15 is 0 Å². The number of nitrogens with one attached hydrogen (secondary N) is 2. The molecule has 0 aliphatic heterocycles. The Balaban J connectivity index is 1.48. The number of hydrogen-bond donors (Lipinski definition) is 2. The molecular weight excluding hydrogens is 403 g/mol. The molecule has 5 nitrogen and oxygen atoms in total. The minimum absolute atomic E-state index is 0.190. The van der Waals surface area contributed by atoms with Crippen LogP contribution in [-0.2, 0) is 27.7 Å². The van der Waals surface area contributed by atoms with Crippen LogP contribution in [0.3, 0.4) is 0 Å². The number of aryl methyl sites for hydroxylation is 1. The van der Waals surface area contributed by atoms with Crippen molar-refractivity contribution in [1.29, 1.82) is 0 Å². The van der Waals surface area contributed by atoms with E-state index < -0.39 is 10.0 Å². The fraction of sp³-hybridized carbons (Fsp3) is 0.174. The lowest BCUT2D eigenvalue weighted by Gasteiger charge is -2.08. The zero-order valence-corrected chi connectivity index (χ0v) is 17.2. The molecule has 0 saturated heterocycles. The maximum Gasteiger partial charge on any atom is 0.240 e. The highest BCUT2D eigenvalue weighted by Crippen LogP contribution is 2.13. The van der Waals surface area contributed by atoms with Crippen molar-refractivity contribution in [3.05, 3.63) is 95.8 Å². The van der Waals surface area contributed by atoms with Gasteiger partial charge in [-0.3, -0.25) is 4.79 Å². The van der Waals surface area contributed by atoms with E-state index in [9.17, 15) is 17.6 Å². The summed E-state index contributed by atoms with van der Waals surface area (Å²) in [6.07, 6.45) is 1.31. The summed E-state index contributed by atoms with van der Waals surface area (Å²) in [6.45, 7) is 0.317. The average molecular weight is 427 g/mol. The average Bonchev–Trinajstić information content (AvgIpc) is 2.75. The zero-order chi connectivity index (χ0) is 21.4. The molecule has 0 aromatic heterocycles. The van der Waals surface area contributed by atoms with Gasteiger partial charge in [-0.2, -0.15) is 0 Å². The Labute approximate surface area is 176 Å². The van der Waals surface area contributed by atoms with Crippen molar-refractivity contribution in [2.45, 2.75) is 24.2 Å². The summed E-state index contributed by atoms with van der Waals surface area (Å²) in [5.74, 6) is -0.557. The van der Waals surface area contributed by atoms with Crippen LogP contribution in [0.25, 0.3) is 0 Å². The second-order valence-electron chi connectivity index (χ2n) is 6.83. The zero-order valence-electron chi connectivity index (χ0n) is 16.3. The van der Waals surface area contributed by atoms with Gasteiger partial charge in [0.1, 0.15) is 5.82 Å². The van der Waals surface area contributed by atoms with Crippen LogP contribution >= 0.6 is 0 Å². The Hall–Kier alpha value is -3.03. The van der Waals surface area contributed by atoms with E-state index in [1.165, 1.54) is 36.4 Å². The number of carbonyl (C=O) groups is 1. The molecule has 30 heavy (non-hydrogen) atoms. The third-order valence-corrected chi connectivity index (χ3v) is 6.03. The van der Waals surface area contributed by atoms with E-state index in [0.717, 1.165) is 11.1 Å². The number of rotatable bonds is 9. The molecule has 0 bridgehead atoms. The fourth-order valence-corrected chi connectivity index (χ4v) is 3.94. The van der Waals surface area contributed by atoms with Gasteiger partial charge in [0.2, 0.25) is 15.9 Å². The maximum absolute atomic E-state index is 12.9. The largest absolute Gasteiger partial charge is 0.326 e. The second kappa shape index (κ2) is 10.1. The van der Waals surface area contributed by atoms with E-state index in [1.54, 1.807) is 12.1 Å². The van der Waals surface area contributed by atoms with Gasteiger partial charge in [-0.05, 0) is 60.4 Å². The van der Waals surface area contributed by atoms with Crippen LogP contribution in [0.4, 0.5) is 10.1 Å². The molecule has 3 aromatic carbocycles. The van der Waals surface area contributed by atoms with Crippen molar-refractivity contribution in [1.82, 2.24) is 4.72 Å². The molecule has 156 valence electrons. The van der Waals surface area contributed by atoms with Gasteiger partial charge in [0, 0.05) is 18.7 Å². The second-order valence-corrected chi connectivity index (χ2v) is 8.60. The van der Waals surface area contributed by atoms with Crippen LogP contribution in [0.5, 0.6) is 0 Å². The normalized spacial score (nSPS) is 11.2. The van der Waals surface area contributed by atoms with Gasteiger partial charge in [-0.25, -0.2) is 17.5 Å². The van der Waals surface area contributed by atoms with Crippen LogP contribution in [0.15, 0.2) is 83.8 Å². The Bertz CT molecular complexity index is 1070. The lowest BCUT2D eigenvalue weighted by atomic mass is 10.1. The highest BCUT2D eigenvalue weighted by molar-refractivity contribution is 7.89. The summed E-state index contributed by atoms with van der Waals surface area (Å²) < 4.78 is 40.4. The Morgan fingerprint density at radius 3 is 2.10 bits per heavy atom. The first-order valence-corrected chi connectivity index (χ1v) is 11.1. The van der Waals surface area contributed by atoms with Gasteiger partial charge in [0.25, 0.3) is 0 Å². The van der Waals surface area contributed by atoms with Crippen molar-refractivity contribution < 1.29 is 17.6 Å². The molecule has 3 rings (SSSR count). The number of benzene rings is 3. The van der Waals surface area contributed by atoms with Crippen molar-refractivity contribution >= 4 is 21.6 Å². The predicted molar refractivity (Wildman–Crippen MR) is 115 cm³/mol. The molecule has 1 amide bonds. The molecule has 0 saturated carbocycles. The van der Waals surface area contributed by atoms with Crippen molar-refractivity contribution in [3.63, 3.8) is 0 Å². The quantitative estimate of drug-likeness (QED) is 0.545. The van der Waals surface area contributed by atoms with Gasteiger partial charge in [0.05, 0.1) is 4.90 Å². The molecular formula is C23H23FN2O3S. The molecule has 0 aliphatic rings. The number of hydrogen-bond acceptors (Lipinski definition) is 3. The highest BCUT2D eigenvalue weighted by atomic mass is 32.2. The Kier molecular flexibility index (Phi) is 7.32. The highest BCUT2D eigenvalue weighted by Gasteiger charge is 2.13. The van der Waals surface area contributed by atoms with Crippen LogP contribution in [-0.4, -0.2) is 20.9 Å². The minimum atomic E-state index is -3.58. The summed E-state index contributed by atoms with van der Waals surface area (Å²) in [6, 6.07) is 21.7.